The van der Waals surface area contributed by atoms with Crippen molar-refractivity contribution in [1.29, 1.82) is 0 Å². The van der Waals surface area contributed by atoms with E-state index in [0.29, 0.717) is 11.5 Å². The number of aliphatic hydroxyl groups excluding tert-OH is 2. The van der Waals surface area contributed by atoms with Crippen molar-refractivity contribution in [2.45, 2.75) is 52.1 Å². The minimum atomic E-state index is -1.26. The van der Waals surface area contributed by atoms with Crippen LogP contribution in [0.25, 0.3) is 0 Å². The topological polar surface area (TPSA) is 60.7 Å². The summed E-state index contributed by atoms with van der Waals surface area (Å²) in [5.74, 6) is 0.353. The van der Waals surface area contributed by atoms with Gasteiger partial charge in [0, 0.05) is 5.41 Å². The van der Waals surface area contributed by atoms with Gasteiger partial charge in [0.15, 0.2) is 0 Å². The summed E-state index contributed by atoms with van der Waals surface area (Å²) in [5.41, 5.74) is -0.826. The highest BCUT2D eigenvalue weighted by atomic mass is 16.3. The molecule has 0 amide bonds. The average molecular weight is 254 g/mol. The van der Waals surface area contributed by atoms with Gasteiger partial charge in [0.25, 0.3) is 0 Å². The highest BCUT2D eigenvalue weighted by molar-refractivity contribution is 5.29. The van der Waals surface area contributed by atoms with E-state index >= 15 is 0 Å². The molecule has 0 spiro atoms. The van der Waals surface area contributed by atoms with Crippen LogP contribution in [0.1, 0.15) is 46.5 Å². The minimum Gasteiger partial charge on any atom is -0.393 e. The maximum atomic E-state index is 10.9. The molecule has 3 atom stereocenters. The number of fused-ring (bicyclic) bond motifs is 1. The third-order valence-electron chi connectivity index (χ3n) is 5.70. The lowest BCUT2D eigenvalue weighted by atomic mass is 9.47. The number of hydrogen-bond donors (Lipinski definition) is 3. The predicted molar refractivity (Wildman–Crippen MR) is 71.1 cm³/mol. The molecule has 104 valence electrons. The van der Waals surface area contributed by atoms with Crippen molar-refractivity contribution in [3.8, 4) is 0 Å². The molecule has 0 saturated heterocycles. The second-order valence-corrected chi connectivity index (χ2v) is 6.95. The van der Waals surface area contributed by atoms with Gasteiger partial charge >= 0.3 is 0 Å². The number of hydrogen-bond acceptors (Lipinski definition) is 3. The molecule has 0 aromatic carbocycles. The Bertz CT molecular complexity index is 361. The van der Waals surface area contributed by atoms with Crippen molar-refractivity contribution in [2.24, 2.45) is 16.7 Å². The first-order chi connectivity index (χ1) is 8.32. The second-order valence-electron chi connectivity index (χ2n) is 6.95. The van der Waals surface area contributed by atoms with Gasteiger partial charge in [-0.25, -0.2) is 0 Å². The summed E-state index contributed by atoms with van der Waals surface area (Å²) in [7, 11) is 0. The van der Waals surface area contributed by atoms with Gasteiger partial charge in [0.05, 0.1) is 13.2 Å². The standard InChI is InChI=1S/C15H26O3/c1-13(2)7-4-8-14(3)12(13)6-5-11(9-16)15(14,18)10-17/h5,12,16-18H,4,6-10H2,1-3H3. The number of aliphatic hydroxyl groups is 3. The lowest BCUT2D eigenvalue weighted by molar-refractivity contribution is -0.163. The van der Waals surface area contributed by atoms with E-state index in [9.17, 15) is 15.3 Å². The van der Waals surface area contributed by atoms with E-state index in [2.05, 4.69) is 20.8 Å². The van der Waals surface area contributed by atoms with Crippen molar-refractivity contribution in [3.63, 3.8) is 0 Å². The maximum absolute atomic E-state index is 10.9. The average Bonchev–Trinajstić information content (AvgIpc) is 2.31. The fourth-order valence-corrected chi connectivity index (χ4v) is 4.47. The van der Waals surface area contributed by atoms with E-state index < -0.39 is 5.60 Å². The molecule has 2 aliphatic carbocycles. The zero-order chi connectivity index (χ0) is 13.6. The van der Waals surface area contributed by atoms with E-state index in [1.807, 2.05) is 6.08 Å². The van der Waals surface area contributed by atoms with Gasteiger partial charge in [-0.3, -0.25) is 0 Å². The van der Waals surface area contributed by atoms with Gasteiger partial charge < -0.3 is 15.3 Å². The van der Waals surface area contributed by atoms with Crippen LogP contribution in [0.4, 0.5) is 0 Å². The molecule has 18 heavy (non-hydrogen) atoms. The maximum Gasteiger partial charge on any atom is 0.116 e. The van der Waals surface area contributed by atoms with Crippen LogP contribution in [-0.2, 0) is 0 Å². The molecule has 3 N–H and O–H groups in total. The summed E-state index contributed by atoms with van der Waals surface area (Å²) in [6.07, 6.45) is 5.98. The van der Waals surface area contributed by atoms with Crippen LogP contribution >= 0.6 is 0 Å². The molecule has 0 bridgehead atoms. The largest absolute Gasteiger partial charge is 0.393 e. The quantitative estimate of drug-likeness (QED) is 0.659. The monoisotopic (exact) mass is 254 g/mol. The Morgan fingerprint density at radius 2 is 1.89 bits per heavy atom. The van der Waals surface area contributed by atoms with E-state index in [1.54, 1.807) is 0 Å². The first-order valence-electron chi connectivity index (χ1n) is 6.95. The van der Waals surface area contributed by atoms with Gasteiger partial charge in [-0.2, -0.15) is 0 Å². The van der Waals surface area contributed by atoms with Gasteiger partial charge in [0.2, 0.25) is 0 Å². The molecule has 1 fully saturated rings. The summed E-state index contributed by atoms with van der Waals surface area (Å²) in [5, 5.41) is 30.1. The van der Waals surface area contributed by atoms with Gasteiger partial charge in [-0.1, -0.05) is 33.3 Å². The molecular formula is C15H26O3. The Labute approximate surface area is 110 Å². The molecule has 3 heteroatoms. The molecule has 0 aromatic rings. The van der Waals surface area contributed by atoms with E-state index in [0.717, 1.165) is 25.7 Å². The Balaban J connectivity index is 2.50. The summed E-state index contributed by atoms with van der Waals surface area (Å²) < 4.78 is 0. The summed E-state index contributed by atoms with van der Waals surface area (Å²) in [6, 6.07) is 0. The van der Waals surface area contributed by atoms with Crippen molar-refractivity contribution >= 4 is 0 Å². The van der Waals surface area contributed by atoms with Gasteiger partial charge in [0.1, 0.15) is 5.60 Å². The molecule has 2 rings (SSSR count). The van der Waals surface area contributed by atoms with Gasteiger partial charge in [-0.05, 0) is 36.2 Å². The Kier molecular flexibility index (Phi) is 3.37. The minimum absolute atomic E-state index is 0.167. The van der Waals surface area contributed by atoms with Gasteiger partial charge in [-0.15, -0.1) is 0 Å². The van der Waals surface area contributed by atoms with Crippen LogP contribution in [0.3, 0.4) is 0 Å². The summed E-state index contributed by atoms with van der Waals surface area (Å²) in [6.45, 7) is 6.12. The molecule has 1 saturated carbocycles. The highest BCUT2D eigenvalue weighted by Crippen LogP contribution is 2.60. The van der Waals surface area contributed by atoms with Crippen LogP contribution in [0, 0.1) is 16.7 Å². The molecular weight excluding hydrogens is 228 g/mol. The fourth-order valence-electron chi connectivity index (χ4n) is 4.47. The number of rotatable bonds is 2. The van der Waals surface area contributed by atoms with Crippen molar-refractivity contribution in [1.82, 2.24) is 0 Å². The Morgan fingerprint density at radius 1 is 1.22 bits per heavy atom. The molecule has 2 aliphatic rings. The fraction of sp³-hybridized carbons (Fsp3) is 0.867. The smallest absolute Gasteiger partial charge is 0.116 e. The van der Waals surface area contributed by atoms with Crippen LogP contribution in [0.15, 0.2) is 11.6 Å². The third-order valence-corrected chi connectivity index (χ3v) is 5.70. The molecule has 0 radical (unpaired) electrons. The van der Waals surface area contributed by atoms with E-state index in [-0.39, 0.29) is 24.0 Å². The Hall–Kier alpha value is -0.380. The first-order valence-corrected chi connectivity index (χ1v) is 6.95. The highest BCUT2D eigenvalue weighted by Gasteiger charge is 2.59. The SMILES string of the molecule is CC1(C)CCCC2(C)C1CC=C(CO)C2(O)CO. The Morgan fingerprint density at radius 3 is 2.44 bits per heavy atom. The molecule has 0 heterocycles. The lowest BCUT2D eigenvalue weighted by Crippen LogP contribution is -2.61. The first kappa shape index (κ1) is 14.0. The molecule has 3 nitrogen and oxygen atoms in total. The third kappa shape index (κ3) is 1.68. The van der Waals surface area contributed by atoms with Crippen LogP contribution in [0.5, 0.6) is 0 Å². The molecule has 0 aromatic heterocycles. The molecule has 3 unspecified atom stereocenters. The number of allylic oxidation sites excluding steroid dienone is 1. The van der Waals surface area contributed by atoms with Crippen LogP contribution in [0.2, 0.25) is 0 Å². The summed E-state index contributed by atoms with van der Waals surface area (Å²) >= 11 is 0. The van der Waals surface area contributed by atoms with Crippen molar-refractivity contribution in [3.05, 3.63) is 11.6 Å². The van der Waals surface area contributed by atoms with Crippen LogP contribution < -0.4 is 0 Å². The van der Waals surface area contributed by atoms with Crippen molar-refractivity contribution < 1.29 is 15.3 Å². The zero-order valence-electron chi connectivity index (χ0n) is 11.7. The second kappa shape index (κ2) is 4.32. The zero-order valence-corrected chi connectivity index (χ0v) is 11.7. The van der Waals surface area contributed by atoms with Crippen molar-refractivity contribution in [2.75, 3.05) is 13.2 Å². The van der Waals surface area contributed by atoms with E-state index in [1.165, 1.54) is 0 Å². The lowest BCUT2D eigenvalue weighted by Gasteiger charge is -2.60. The van der Waals surface area contributed by atoms with E-state index in [4.69, 9.17) is 0 Å². The normalized spacial score (nSPS) is 43.2. The molecule has 0 aliphatic heterocycles. The predicted octanol–water partition coefficient (Wildman–Crippen LogP) is 1.86. The summed E-state index contributed by atoms with van der Waals surface area (Å²) in [4.78, 5) is 0. The van der Waals surface area contributed by atoms with Crippen LogP contribution in [-0.4, -0.2) is 34.1 Å².